The molecular weight excluding hydrogens is 230 g/mol. The molecule has 17 heavy (non-hydrogen) atoms. The van der Waals surface area contributed by atoms with Gasteiger partial charge in [-0.2, -0.15) is 0 Å². The van der Waals surface area contributed by atoms with Crippen molar-refractivity contribution in [2.24, 2.45) is 5.41 Å². The Labute approximate surface area is 108 Å². The normalized spacial score (nSPS) is 22.4. The zero-order valence-electron chi connectivity index (χ0n) is 10.4. The number of thiol groups is 1. The van der Waals surface area contributed by atoms with Crippen molar-refractivity contribution in [3.05, 3.63) is 29.8 Å². The van der Waals surface area contributed by atoms with Crippen molar-refractivity contribution in [1.29, 1.82) is 0 Å². The lowest BCUT2D eigenvalue weighted by Gasteiger charge is -2.17. The van der Waals surface area contributed by atoms with Gasteiger partial charge in [-0.1, -0.05) is 13.8 Å². The van der Waals surface area contributed by atoms with Crippen LogP contribution in [0.2, 0.25) is 0 Å². The van der Waals surface area contributed by atoms with E-state index in [0.717, 1.165) is 17.7 Å². The average molecular weight is 249 g/mol. The lowest BCUT2D eigenvalue weighted by molar-refractivity contribution is 0.0936. The predicted molar refractivity (Wildman–Crippen MR) is 72.6 cm³/mol. The summed E-state index contributed by atoms with van der Waals surface area (Å²) in [6, 6.07) is 7.65. The van der Waals surface area contributed by atoms with E-state index in [1.54, 1.807) is 0 Å². The van der Waals surface area contributed by atoms with Gasteiger partial charge in [0.05, 0.1) is 0 Å². The number of nitrogens with one attached hydrogen (secondary N) is 1. The van der Waals surface area contributed by atoms with Gasteiger partial charge < -0.3 is 5.32 Å². The smallest absolute Gasteiger partial charge is 0.251 e. The van der Waals surface area contributed by atoms with Crippen LogP contribution in [0.15, 0.2) is 29.2 Å². The number of benzene rings is 1. The molecular formula is C14H19NOS. The number of hydrogen-bond acceptors (Lipinski definition) is 2. The molecule has 2 nitrogen and oxygen atoms in total. The molecule has 1 unspecified atom stereocenters. The molecule has 1 aliphatic carbocycles. The first-order valence-corrected chi connectivity index (χ1v) is 6.51. The van der Waals surface area contributed by atoms with Crippen LogP contribution in [0.5, 0.6) is 0 Å². The molecule has 1 N–H and O–H groups in total. The minimum atomic E-state index is 0.0287. The van der Waals surface area contributed by atoms with E-state index in [0.29, 0.717) is 17.0 Å². The van der Waals surface area contributed by atoms with E-state index >= 15 is 0 Å². The fourth-order valence-corrected chi connectivity index (χ4v) is 2.59. The van der Waals surface area contributed by atoms with Crippen LogP contribution in [0, 0.1) is 5.41 Å². The van der Waals surface area contributed by atoms with Crippen molar-refractivity contribution in [3.8, 4) is 0 Å². The lowest BCUT2D eigenvalue weighted by Crippen LogP contribution is -2.33. The maximum Gasteiger partial charge on any atom is 0.251 e. The van der Waals surface area contributed by atoms with Gasteiger partial charge in [-0.15, -0.1) is 12.6 Å². The number of hydrogen-bond donors (Lipinski definition) is 2. The van der Waals surface area contributed by atoms with Gasteiger partial charge in [-0.05, 0) is 48.9 Å². The molecule has 1 saturated carbocycles. The van der Waals surface area contributed by atoms with Gasteiger partial charge in [0, 0.05) is 16.5 Å². The van der Waals surface area contributed by atoms with E-state index < -0.39 is 0 Å². The predicted octanol–water partition coefficient (Wildman–Crippen LogP) is 3.28. The molecule has 0 bridgehead atoms. The summed E-state index contributed by atoms with van der Waals surface area (Å²) >= 11 is 4.21. The summed E-state index contributed by atoms with van der Waals surface area (Å²) in [5.74, 6) is 0.0287. The quantitative estimate of drug-likeness (QED) is 0.774. The summed E-state index contributed by atoms with van der Waals surface area (Å²) in [7, 11) is 0. The first kappa shape index (κ1) is 12.5. The Balaban J connectivity index is 1.96. The van der Waals surface area contributed by atoms with Gasteiger partial charge in [0.15, 0.2) is 0 Å². The number of rotatable bonds is 2. The molecule has 1 fully saturated rings. The standard InChI is InChI=1S/C14H19NOS/c1-14(2)8-7-11(9-14)15-13(16)10-3-5-12(17)6-4-10/h3-6,11,17H,7-9H2,1-2H3,(H,15,16). The maximum atomic E-state index is 12.0. The fraction of sp³-hybridized carbons (Fsp3) is 0.500. The highest BCUT2D eigenvalue weighted by Gasteiger charge is 2.31. The number of amides is 1. The lowest BCUT2D eigenvalue weighted by atomic mass is 9.92. The van der Waals surface area contributed by atoms with E-state index in [-0.39, 0.29) is 5.91 Å². The highest BCUT2D eigenvalue weighted by molar-refractivity contribution is 7.80. The second-order valence-electron chi connectivity index (χ2n) is 5.62. The van der Waals surface area contributed by atoms with Crippen LogP contribution in [0.1, 0.15) is 43.5 Å². The highest BCUT2D eigenvalue weighted by atomic mass is 32.1. The van der Waals surface area contributed by atoms with Crippen molar-refractivity contribution >= 4 is 18.5 Å². The second kappa shape index (κ2) is 4.73. The molecule has 1 aromatic carbocycles. The van der Waals surface area contributed by atoms with Crippen LogP contribution in [0.25, 0.3) is 0 Å². The largest absolute Gasteiger partial charge is 0.349 e. The minimum Gasteiger partial charge on any atom is -0.349 e. The van der Waals surface area contributed by atoms with Crippen molar-refractivity contribution in [2.75, 3.05) is 0 Å². The monoisotopic (exact) mass is 249 g/mol. The van der Waals surface area contributed by atoms with Gasteiger partial charge in [0.1, 0.15) is 0 Å². The first-order valence-electron chi connectivity index (χ1n) is 6.06. The van der Waals surface area contributed by atoms with Gasteiger partial charge in [-0.25, -0.2) is 0 Å². The fourth-order valence-electron chi connectivity index (χ4n) is 2.44. The Morgan fingerprint density at radius 3 is 2.53 bits per heavy atom. The Kier molecular flexibility index (Phi) is 3.48. The van der Waals surface area contributed by atoms with Crippen LogP contribution in [-0.2, 0) is 0 Å². The van der Waals surface area contributed by atoms with E-state index in [2.05, 4.69) is 31.8 Å². The van der Waals surface area contributed by atoms with E-state index in [1.165, 1.54) is 6.42 Å². The van der Waals surface area contributed by atoms with Crippen molar-refractivity contribution < 1.29 is 4.79 Å². The summed E-state index contributed by atoms with van der Waals surface area (Å²) in [5, 5.41) is 3.11. The molecule has 2 rings (SSSR count). The molecule has 1 amide bonds. The molecule has 92 valence electrons. The molecule has 1 atom stereocenters. The molecule has 0 aliphatic heterocycles. The van der Waals surface area contributed by atoms with Gasteiger partial charge in [-0.3, -0.25) is 4.79 Å². The Morgan fingerprint density at radius 2 is 2.00 bits per heavy atom. The maximum absolute atomic E-state index is 12.0. The SMILES string of the molecule is CC1(C)CCC(NC(=O)c2ccc(S)cc2)C1. The molecule has 0 aromatic heterocycles. The molecule has 3 heteroatoms. The molecule has 1 aliphatic rings. The molecule has 0 heterocycles. The van der Waals surface area contributed by atoms with Crippen molar-refractivity contribution in [2.45, 2.75) is 44.0 Å². The molecule has 0 spiro atoms. The summed E-state index contributed by atoms with van der Waals surface area (Å²) in [6.45, 7) is 4.52. The Morgan fingerprint density at radius 1 is 1.35 bits per heavy atom. The molecule has 0 radical (unpaired) electrons. The Bertz CT molecular complexity index is 411. The van der Waals surface area contributed by atoms with Crippen molar-refractivity contribution in [3.63, 3.8) is 0 Å². The molecule has 0 saturated heterocycles. The second-order valence-corrected chi connectivity index (χ2v) is 6.14. The van der Waals surface area contributed by atoms with Crippen LogP contribution in [0.3, 0.4) is 0 Å². The van der Waals surface area contributed by atoms with Gasteiger partial charge in [0.2, 0.25) is 0 Å². The zero-order valence-corrected chi connectivity index (χ0v) is 11.3. The van der Waals surface area contributed by atoms with Gasteiger partial charge in [0.25, 0.3) is 5.91 Å². The van der Waals surface area contributed by atoms with Crippen LogP contribution < -0.4 is 5.32 Å². The average Bonchev–Trinajstić information content (AvgIpc) is 2.59. The van der Waals surface area contributed by atoms with E-state index in [1.807, 2.05) is 24.3 Å². The topological polar surface area (TPSA) is 29.1 Å². The third-order valence-corrected chi connectivity index (χ3v) is 3.73. The Hall–Kier alpha value is -0.960. The summed E-state index contributed by atoms with van der Waals surface area (Å²) in [6.07, 6.45) is 3.35. The van der Waals surface area contributed by atoms with E-state index in [9.17, 15) is 4.79 Å². The van der Waals surface area contributed by atoms with E-state index in [4.69, 9.17) is 0 Å². The summed E-state index contributed by atoms with van der Waals surface area (Å²) < 4.78 is 0. The zero-order chi connectivity index (χ0) is 12.5. The van der Waals surface area contributed by atoms with Crippen LogP contribution >= 0.6 is 12.6 Å². The summed E-state index contributed by atoms with van der Waals surface area (Å²) in [5.41, 5.74) is 1.08. The molecule has 1 aromatic rings. The van der Waals surface area contributed by atoms with Gasteiger partial charge >= 0.3 is 0 Å². The third kappa shape index (κ3) is 3.25. The highest BCUT2D eigenvalue weighted by Crippen LogP contribution is 2.36. The summed E-state index contributed by atoms with van der Waals surface area (Å²) in [4.78, 5) is 12.9. The van der Waals surface area contributed by atoms with Crippen LogP contribution in [0.4, 0.5) is 0 Å². The van der Waals surface area contributed by atoms with Crippen molar-refractivity contribution in [1.82, 2.24) is 5.32 Å². The first-order chi connectivity index (χ1) is 7.96. The minimum absolute atomic E-state index is 0.0287. The number of carbonyl (C=O) groups excluding carboxylic acids is 1. The number of carbonyl (C=O) groups is 1. The third-order valence-electron chi connectivity index (χ3n) is 3.43. The van der Waals surface area contributed by atoms with Crippen LogP contribution in [-0.4, -0.2) is 11.9 Å².